The van der Waals surface area contributed by atoms with Crippen molar-refractivity contribution in [3.8, 4) is 11.3 Å². The lowest BCUT2D eigenvalue weighted by Crippen LogP contribution is -2.19. The first-order chi connectivity index (χ1) is 13.1. The standard InChI is InChI=1S/C20H12Cl2N2O2S/c21-13-3-1-12(2-4-13)17-10-9-16(26-17)11-18-19(25)24-20(27-18)23-15-7-5-14(22)6-8-15/h1-11H,(H,23,24,25)/b18-11-. The van der Waals surface area contributed by atoms with Crippen LogP contribution in [-0.2, 0) is 4.79 Å². The van der Waals surface area contributed by atoms with Crippen LogP contribution in [0, 0.1) is 0 Å². The number of aliphatic imine (C=N–C) groups is 1. The average molecular weight is 415 g/mol. The second-order valence-corrected chi connectivity index (χ2v) is 7.57. The number of hydrogen-bond donors (Lipinski definition) is 1. The van der Waals surface area contributed by atoms with Crippen LogP contribution >= 0.6 is 35.0 Å². The minimum absolute atomic E-state index is 0.211. The molecule has 7 heteroatoms. The summed E-state index contributed by atoms with van der Waals surface area (Å²) in [6, 6.07) is 18.1. The van der Waals surface area contributed by atoms with Gasteiger partial charge in [0.25, 0.3) is 5.91 Å². The van der Waals surface area contributed by atoms with Gasteiger partial charge in [0.1, 0.15) is 11.5 Å². The molecule has 1 fully saturated rings. The third-order valence-corrected chi connectivity index (χ3v) is 5.15. The maximum absolute atomic E-state index is 12.2. The van der Waals surface area contributed by atoms with Gasteiger partial charge in [0, 0.05) is 21.7 Å². The van der Waals surface area contributed by atoms with E-state index < -0.39 is 0 Å². The fraction of sp³-hybridized carbons (Fsp3) is 0. The number of amidine groups is 1. The number of carbonyl (C=O) groups excluding carboxylic acids is 1. The summed E-state index contributed by atoms with van der Waals surface area (Å²) >= 11 is 13.0. The number of hydrogen-bond acceptors (Lipinski definition) is 4. The zero-order valence-electron chi connectivity index (χ0n) is 13.8. The van der Waals surface area contributed by atoms with Gasteiger partial charge in [-0.3, -0.25) is 4.79 Å². The summed E-state index contributed by atoms with van der Waals surface area (Å²) in [4.78, 5) is 17.1. The normalized spacial score (nSPS) is 16.9. The van der Waals surface area contributed by atoms with E-state index in [4.69, 9.17) is 27.6 Å². The maximum atomic E-state index is 12.2. The number of benzene rings is 2. The number of thioether (sulfide) groups is 1. The number of nitrogens with zero attached hydrogens (tertiary/aromatic N) is 1. The summed E-state index contributed by atoms with van der Waals surface area (Å²) in [6.07, 6.45) is 1.70. The van der Waals surface area contributed by atoms with Crippen molar-refractivity contribution in [2.45, 2.75) is 0 Å². The van der Waals surface area contributed by atoms with Gasteiger partial charge in [-0.1, -0.05) is 23.2 Å². The van der Waals surface area contributed by atoms with Crippen LogP contribution in [0.2, 0.25) is 10.0 Å². The van der Waals surface area contributed by atoms with E-state index in [2.05, 4.69) is 10.3 Å². The smallest absolute Gasteiger partial charge is 0.264 e. The molecule has 0 saturated carbocycles. The Bertz CT molecular complexity index is 1050. The Morgan fingerprint density at radius 1 is 0.926 bits per heavy atom. The molecule has 0 unspecified atom stereocenters. The van der Waals surface area contributed by atoms with E-state index in [-0.39, 0.29) is 5.91 Å². The summed E-state index contributed by atoms with van der Waals surface area (Å²) in [6.45, 7) is 0. The molecule has 3 aromatic rings. The minimum Gasteiger partial charge on any atom is -0.457 e. The third kappa shape index (κ3) is 4.27. The van der Waals surface area contributed by atoms with Crippen molar-refractivity contribution in [1.29, 1.82) is 0 Å². The van der Waals surface area contributed by atoms with Gasteiger partial charge in [0.05, 0.1) is 10.6 Å². The topological polar surface area (TPSA) is 54.6 Å². The lowest BCUT2D eigenvalue weighted by molar-refractivity contribution is -0.115. The first kappa shape index (κ1) is 17.9. The van der Waals surface area contributed by atoms with Crippen LogP contribution in [0.15, 0.2) is 75.0 Å². The Balaban J connectivity index is 1.53. The van der Waals surface area contributed by atoms with Crippen molar-refractivity contribution in [2.75, 3.05) is 0 Å². The molecule has 2 aromatic carbocycles. The zero-order chi connectivity index (χ0) is 18.8. The van der Waals surface area contributed by atoms with Crippen LogP contribution in [-0.4, -0.2) is 11.1 Å². The highest BCUT2D eigenvalue weighted by Gasteiger charge is 2.24. The lowest BCUT2D eigenvalue weighted by atomic mass is 10.2. The largest absolute Gasteiger partial charge is 0.457 e. The first-order valence-electron chi connectivity index (χ1n) is 7.98. The van der Waals surface area contributed by atoms with E-state index in [0.717, 1.165) is 5.56 Å². The highest BCUT2D eigenvalue weighted by molar-refractivity contribution is 8.18. The molecule has 1 amide bonds. The Labute approximate surface area is 169 Å². The van der Waals surface area contributed by atoms with Crippen LogP contribution in [0.4, 0.5) is 5.69 Å². The number of rotatable bonds is 3. The van der Waals surface area contributed by atoms with Crippen LogP contribution in [0.3, 0.4) is 0 Å². The predicted molar refractivity (Wildman–Crippen MR) is 111 cm³/mol. The number of carbonyl (C=O) groups is 1. The van der Waals surface area contributed by atoms with Gasteiger partial charge < -0.3 is 9.73 Å². The number of halogens is 2. The van der Waals surface area contributed by atoms with Gasteiger partial charge in [-0.15, -0.1) is 0 Å². The molecule has 27 heavy (non-hydrogen) atoms. The van der Waals surface area contributed by atoms with Gasteiger partial charge in [0.2, 0.25) is 0 Å². The van der Waals surface area contributed by atoms with Crippen molar-refractivity contribution in [2.24, 2.45) is 4.99 Å². The molecule has 0 atom stereocenters. The second kappa shape index (κ2) is 7.64. The molecular weight excluding hydrogens is 403 g/mol. The van der Waals surface area contributed by atoms with Crippen molar-refractivity contribution < 1.29 is 9.21 Å². The van der Waals surface area contributed by atoms with Gasteiger partial charge >= 0.3 is 0 Å². The van der Waals surface area contributed by atoms with Gasteiger partial charge in [-0.25, -0.2) is 4.99 Å². The number of nitrogens with one attached hydrogen (secondary N) is 1. The van der Waals surface area contributed by atoms with Gasteiger partial charge in [0.15, 0.2) is 5.17 Å². The molecule has 0 bridgehead atoms. The average Bonchev–Trinajstić information content (AvgIpc) is 3.25. The lowest BCUT2D eigenvalue weighted by Gasteiger charge is -1.96. The van der Waals surface area contributed by atoms with E-state index in [1.165, 1.54) is 11.8 Å². The summed E-state index contributed by atoms with van der Waals surface area (Å²) in [5.41, 5.74) is 1.63. The second-order valence-electron chi connectivity index (χ2n) is 5.67. The minimum atomic E-state index is -0.211. The van der Waals surface area contributed by atoms with Crippen LogP contribution in [0.5, 0.6) is 0 Å². The molecule has 1 N–H and O–H groups in total. The summed E-state index contributed by atoms with van der Waals surface area (Å²) < 4.78 is 5.82. The summed E-state index contributed by atoms with van der Waals surface area (Å²) in [5.74, 6) is 1.08. The Morgan fingerprint density at radius 2 is 1.59 bits per heavy atom. The quantitative estimate of drug-likeness (QED) is 0.523. The Kier molecular flexibility index (Phi) is 5.07. The van der Waals surface area contributed by atoms with Crippen molar-refractivity contribution in [3.05, 3.63) is 81.4 Å². The van der Waals surface area contributed by atoms with E-state index >= 15 is 0 Å². The molecule has 2 heterocycles. The molecule has 134 valence electrons. The highest BCUT2D eigenvalue weighted by atomic mass is 35.5. The van der Waals surface area contributed by atoms with Crippen molar-refractivity contribution in [3.63, 3.8) is 0 Å². The molecule has 0 aliphatic carbocycles. The zero-order valence-corrected chi connectivity index (χ0v) is 16.1. The van der Waals surface area contributed by atoms with Crippen LogP contribution in [0.1, 0.15) is 5.76 Å². The summed E-state index contributed by atoms with van der Waals surface area (Å²) in [7, 11) is 0. The fourth-order valence-corrected chi connectivity index (χ4v) is 3.52. The molecule has 4 nitrogen and oxygen atoms in total. The van der Waals surface area contributed by atoms with E-state index in [9.17, 15) is 4.79 Å². The van der Waals surface area contributed by atoms with Gasteiger partial charge in [-0.2, -0.15) is 0 Å². The van der Waals surface area contributed by atoms with Crippen molar-refractivity contribution >= 4 is 57.8 Å². The monoisotopic (exact) mass is 414 g/mol. The molecule has 1 aliphatic heterocycles. The Hall–Kier alpha value is -2.47. The van der Waals surface area contributed by atoms with Crippen molar-refractivity contribution in [1.82, 2.24) is 5.32 Å². The molecule has 0 spiro atoms. The number of furan rings is 1. The molecular formula is C20H12Cl2N2O2S. The molecule has 1 aliphatic rings. The van der Waals surface area contributed by atoms with Crippen LogP contribution < -0.4 is 5.32 Å². The fourth-order valence-electron chi connectivity index (χ4n) is 2.44. The Morgan fingerprint density at radius 3 is 2.30 bits per heavy atom. The first-order valence-corrected chi connectivity index (χ1v) is 9.55. The van der Waals surface area contributed by atoms with Gasteiger partial charge in [-0.05, 0) is 72.4 Å². The molecule has 1 saturated heterocycles. The van der Waals surface area contributed by atoms with Crippen LogP contribution in [0.25, 0.3) is 17.4 Å². The predicted octanol–water partition coefficient (Wildman–Crippen LogP) is 6.15. The molecule has 1 aromatic heterocycles. The molecule has 4 rings (SSSR count). The summed E-state index contributed by atoms with van der Waals surface area (Å²) in [5, 5.41) is 4.56. The SMILES string of the molecule is O=C1NC(=Nc2ccc(Cl)cc2)S/C1=C\c1ccc(-c2ccc(Cl)cc2)o1. The van der Waals surface area contributed by atoms with E-state index in [0.29, 0.717) is 37.3 Å². The number of amides is 1. The third-order valence-electron chi connectivity index (χ3n) is 3.74. The molecule has 0 radical (unpaired) electrons. The maximum Gasteiger partial charge on any atom is 0.264 e. The highest BCUT2D eigenvalue weighted by Crippen LogP contribution is 2.30. The van der Waals surface area contributed by atoms with E-state index in [1.807, 2.05) is 24.3 Å². The van der Waals surface area contributed by atoms with E-state index in [1.54, 1.807) is 42.5 Å².